The van der Waals surface area contributed by atoms with Crippen molar-refractivity contribution < 1.29 is 0 Å². The van der Waals surface area contributed by atoms with Crippen molar-refractivity contribution in [2.45, 2.75) is 45.8 Å². The van der Waals surface area contributed by atoms with E-state index < -0.39 is 0 Å². The molecule has 17 heavy (non-hydrogen) atoms. The number of aryl methyl sites for hydroxylation is 1. The van der Waals surface area contributed by atoms with Gasteiger partial charge in [0.2, 0.25) is 0 Å². The molecule has 0 fully saturated rings. The highest BCUT2D eigenvalue weighted by Gasteiger charge is 2.06. The lowest BCUT2D eigenvalue weighted by Crippen LogP contribution is -2.30. The van der Waals surface area contributed by atoms with Crippen molar-refractivity contribution in [2.24, 2.45) is 0 Å². The Morgan fingerprint density at radius 1 is 1.47 bits per heavy atom. The van der Waals surface area contributed by atoms with E-state index in [1.54, 1.807) is 6.33 Å². The zero-order valence-electron chi connectivity index (χ0n) is 11.5. The van der Waals surface area contributed by atoms with E-state index in [1.807, 2.05) is 4.68 Å². The predicted octanol–water partition coefficient (Wildman–Crippen LogP) is 1.12. The molecule has 1 aromatic heterocycles. The quantitative estimate of drug-likeness (QED) is 0.738. The first-order chi connectivity index (χ1) is 8.13. The van der Waals surface area contributed by atoms with E-state index >= 15 is 0 Å². The minimum atomic E-state index is 0.504. The van der Waals surface area contributed by atoms with Gasteiger partial charge in [-0.25, -0.2) is 9.67 Å². The second kappa shape index (κ2) is 7.40. The van der Waals surface area contributed by atoms with E-state index in [2.05, 4.69) is 48.2 Å². The van der Waals surface area contributed by atoms with E-state index in [4.69, 9.17) is 0 Å². The summed E-state index contributed by atoms with van der Waals surface area (Å²) in [5.41, 5.74) is 0. The van der Waals surface area contributed by atoms with E-state index in [-0.39, 0.29) is 0 Å². The molecule has 0 aromatic carbocycles. The SMILES string of the molecule is CCCn1ncnc1CNC(C)CCN(C)C. The highest BCUT2D eigenvalue weighted by atomic mass is 15.3. The van der Waals surface area contributed by atoms with Gasteiger partial charge in [0.1, 0.15) is 12.2 Å². The van der Waals surface area contributed by atoms with Crippen molar-refractivity contribution in [2.75, 3.05) is 20.6 Å². The molecule has 1 unspecified atom stereocenters. The predicted molar refractivity (Wildman–Crippen MR) is 69.8 cm³/mol. The summed E-state index contributed by atoms with van der Waals surface area (Å²) < 4.78 is 1.98. The van der Waals surface area contributed by atoms with Crippen LogP contribution >= 0.6 is 0 Å². The number of hydrogen-bond acceptors (Lipinski definition) is 4. The second-order valence-electron chi connectivity index (χ2n) is 4.77. The molecule has 0 radical (unpaired) electrons. The Kier molecular flexibility index (Phi) is 6.15. The Hall–Kier alpha value is -0.940. The Morgan fingerprint density at radius 2 is 2.24 bits per heavy atom. The van der Waals surface area contributed by atoms with Gasteiger partial charge in [-0.3, -0.25) is 0 Å². The van der Waals surface area contributed by atoms with E-state index in [9.17, 15) is 0 Å². The molecule has 98 valence electrons. The van der Waals surface area contributed by atoms with Crippen LogP contribution in [0.15, 0.2) is 6.33 Å². The van der Waals surface area contributed by atoms with E-state index in [0.29, 0.717) is 6.04 Å². The second-order valence-corrected chi connectivity index (χ2v) is 4.77. The van der Waals surface area contributed by atoms with Crippen molar-refractivity contribution in [3.05, 3.63) is 12.2 Å². The lowest BCUT2D eigenvalue weighted by Gasteiger charge is -2.16. The molecule has 0 aliphatic rings. The molecule has 1 atom stereocenters. The molecule has 0 bridgehead atoms. The first-order valence-electron chi connectivity index (χ1n) is 6.38. The summed E-state index contributed by atoms with van der Waals surface area (Å²) in [5.74, 6) is 1.03. The van der Waals surface area contributed by atoms with Crippen LogP contribution in [0.4, 0.5) is 0 Å². The maximum absolute atomic E-state index is 4.28. The van der Waals surface area contributed by atoms with Gasteiger partial charge in [0.25, 0.3) is 0 Å². The van der Waals surface area contributed by atoms with Gasteiger partial charge in [0, 0.05) is 12.6 Å². The number of hydrogen-bond donors (Lipinski definition) is 1. The largest absolute Gasteiger partial charge is 0.309 e. The van der Waals surface area contributed by atoms with Gasteiger partial charge in [0.05, 0.1) is 6.54 Å². The lowest BCUT2D eigenvalue weighted by atomic mass is 10.2. The molecule has 0 saturated heterocycles. The highest BCUT2D eigenvalue weighted by molar-refractivity contribution is 4.84. The van der Waals surface area contributed by atoms with Crippen LogP contribution in [-0.4, -0.2) is 46.3 Å². The first-order valence-corrected chi connectivity index (χ1v) is 6.38. The van der Waals surface area contributed by atoms with Crippen LogP contribution in [0, 0.1) is 0 Å². The van der Waals surface area contributed by atoms with Crippen LogP contribution in [-0.2, 0) is 13.1 Å². The topological polar surface area (TPSA) is 46.0 Å². The van der Waals surface area contributed by atoms with Crippen LogP contribution in [0.3, 0.4) is 0 Å². The molecule has 0 amide bonds. The van der Waals surface area contributed by atoms with Gasteiger partial charge in [-0.2, -0.15) is 5.10 Å². The molecule has 0 spiro atoms. The van der Waals surface area contributed by atoms with Gasteiger partial charge in [-0.05, 0) is 40.4 Å². The smallest absolute Gasteiger partial charge is 0.140 e. The minimum absolute atomic E-state index is 0.504. The average molecular weight is 239 g/mol. The molecule has 0 aliphatic carbocycles. The van der Waals surface area contributed by atoms with Crippen LogP contribution in [0.5, 0.6) is 0 Å². The first kappa shape index (κ1) is 14.1. The van der Waals surface area contributed by atoms with Crippen LogP contribution < -0.4 is 5.32 Å². The van der Waals surface area contributed by atoms with Crippen molar-refractivity contribution >= 4 is 0 Å². The highest BCUT2D eigenvalue weighted by Crippen LogP contribution is 1.98. The summed E-state index contributed by atoms with van der Waals surface area (Å²) in [7, 11) is 4.20. The number of nitrogens with one attached hydrogen (secondary N) is 1. The Bertz CT molecular complexity index is 308. The fourth-order valence-corrected chi connectivity index (χ4v) is 1.64. The van der Waals surface area contributed by atoms with E-state index in [0.717, 1.165) is 38.3 Å². The van der Waals surface area contributed by atoms with Crippen molar-refractivity contribution in [3.63, 3.8) is 0 Å². The van der Waals surface area contributed by atoms with Gasteiger partial charge in [0.15, 0.2) is 0 Å². The summed E-state index contributed by atoms with van der Waals surface area (Å²) in [6.07, 6.45) is 3.87. The van der Waals surface area contributed by atoms with Crippen molar-refractivity contribution in [1.29, 1.82) is 0 Å². The summed E-state index contributed by atoms with van der Waals surface area (Å²) in [6, 6.07) is 0.504. The van der Waals surface area contributed by atoms with Gasteiger partial charge < -0.3 is 10.2 Å². The fraction of sp³-hybridized carbons (Fsp3) is 0.833. The summed E-state index contributed by atoms with van der Waals surface area (Å²) in [4.78, 5) is 6.49. The number of nitrogens with zero attached hydrogens (tertiary/aromatic N) is 4. The van der Waals surface area contributed by atoms with Gasteiger partial charge >= 0.3 is 0 Å². The van der Waals surface area contributed by atoms with Crippen LogP contribution in [0.25, 0.3) is 0 Å². The third kappa shape index (κ3) is 5.28. The zero-order valence-corrected chi connectivity index (χ0v) is 11.5. The molecule has 5 nitrogen and oxygen atoms in total. The molecule has 1 rings (SSSR count). The van der Waals surface area contributed by atoms with Crippen LogP contribution in [0.1, 0.15) is 32.5 Å². The normalized spacial score (nSPS) is 13.2. The summed E-state index contributed by atoms with van der Waals surface area (Å²) in [6.45, 7) is 7.22. The molecular weight excluding hydrogens is 214 g/mol. The maximum Gasteiger partial charge on any atom is 0.140 e. The number of rotatable bonds is 8. The monoisotopic (exact) mass is 239 g/mol. The maximum atomic E-state index is 4.28. The molecule has 1 heterocycles. The summed E-state index contributed by atoms with van der Waals surface area (Å²) >= 11 is 0. The molecular formula is C12H25N5. The fourth-order valence-electron chi connectivity index (χ4n) is 1.64. The summed E-state index contributed by atoms with van der Waals surface area (Å²) in [5, 5.41) is 7.70. The number of aromatic nitrogens is 3. The van der Waals surface area contributed by atoms with Gasteiger partial charge in [-0.15, -0.1) is 0 Å². The molecule has 0 saturated carbocycles. The van der Waals surface area contributed by atoms with Gasteiger partial charge in [-0.1, -0.05) is 6.92 Å². The van der Waals surface area contributed by atoms with Crippen molar-refractivity contribution in [3.8, 4) is 0 Å². The molecule has 1 N–H and O–H groups in total. The Labute approximate surface area is 104 Å². The Morgan fingerprint density at radius 3 is 2.88 bits per heavy atom. The van der Waals surface area contributed by atoms with Crippen LogP contribution in [0.2, 0.25) is 0 Å². The van der Waals surface area contributed by atoms with E-state index in [1.165, 1.54) is 0 Å². The lowest BCUT2D eigenvalue weighted by molar-refractivity contribution is 0.363. The Balaban J connectivity index is 2.31. The minimum Gasteiger partial charge on any atom is -0.309 e. The molecule has 0 aliphatic heterocycles. The zero-order chi connectivity index (χ0) is 12.7. The average Bonchev–Trinajstić information content (AvgIpc) is 2.71. The third-order valence-electron chi connectivity index (χ3n) is 2.75. The molecule has 5 heteroatoms. The molecule has 1 aromatic rings. The third-order valence-corrected chi connectivity index (χ3v) is 2.75. The van der Waals surface area contributed by atoms with Crippen molar-refractivity contribution in [1.82, 2.24) is 25.0 Å². The standard InChI is InChI=1S/C12H25N5/c1-5-7-17-12(14-10-15-17)9-13-11(2)6-8-16(3)4/h10-11,13H,5-9H2,1-4H3.